The maximum absolute atomic E-state index is 12.7. The number of piperidine rings is 1. The summed E-state index contributed by atoms with van der Waals surface area (Å²) in [5, 5.41) is 3.97. The lowest BCUT2D eigenvalue weighted by molar-refractivity contribution is -0.140. The van der Waals surface area contributed by atoms with Crippen molar-refractivity contribution in [1.29, 1.82) is 0 Å². The molecule has 2 bridgehead atoms. The van der Waals surface area contributed by atoms with Crippen molar-refractivity contribution in [3.05, 3.63) is 24.3 Å². The van der Waals surface area contributed by atoms with E-state index in [1.54, 1.807) is 25.5 Å². The predicted octanol–water partition coefficient (Wildman–Crippen LogP) is 1.40. The van der Waals surface area contributed by atoms with Crippen molar-refractivity contribution in [2.24, 2.45) is 5.92 Å². The van der Waals surface area contributed by atoms with Crippen molar-refractivity contribution in [3.8, 4) is 11.6 Å². The number of hydrogen-bond acceptors (Lipinski definition) is 7. The van der Waals surface area contributed by atoms with Crippen LogP contribution in [0.4, 0.5) is 0 Å². The van der Waals surface area contributed by atoms with Crippen LogP contribution in [-0.4, -0.2) is 65.2 Å². The van der Waals surface area contributed by atoms with Crippen molar-refractivity contribution in [2.45, 2.75) is 25.4 Å². The first-order valence-electron chi connectivity index (χ1n) is 8.63. The molecule has 0 N–H and O–H groups in total. The molecular formula is C17H22N4O4. The molecule has 8 heteroatoms. The number of hydrogen-bond donors (Lipinski definition) is 0. The molecule has 2 atom stereocenters. The minimum Gasteiger partial charge on any atom is -0.461 e. The fourth-order valence-corrected chi connectivity index (χ4v) is 3.76. The number of rotatable bonds is 6. The van der Waals surface area contributed by atoms with Crippen LogP contribution >= 0.6 is 0 Å². The molecule has 2 aromatic rings. The molecule has 2 aromatic heterocycles. The molecule has 0 radical (unpaired) electrons. The molecule has 134 valence electrons. The normalized spacial score (nSPS) is 24.0. The average molecular weight is 346 g/mol. The topological polar surface area (TPSA) is 84.8 Å². The zero-order chi connectivity index (χ0) is 17.2. The van der Waals surface area contributed by atoms with E-state index in [0.717, 1.165) is 25.9 Å². The van der Waals surface area contributed by atoms with E-state index >= 15 is 0 Å². The lowest BCUT2D eigenvalue weighted by Crippen LogP contribution is -2.49. The molecule has 1 amide bonds. The highest BCUT2D eigenvalue weighted by molar-refractivity contribution is 5.80. The van der Waals surface area contributed by atoms with Crippen LogP contribution in [0.2, 0.25) is 0 Å². The Balaban J connectivity index is 1.45. The number of methoxy groups -OCH3 is 1. The molecule has 3 fully saturated rings. The number of aromatic nitrogens is 2. The molecular weight excluding hydrogens is 324 g/mol. The summed E-state index contributed by atoms with van der Waals surface area (Å²) in [4.78, 5) is 21.3. The van der Waals surface area contributed by atoms with E-state index in [2.05, 4.69) is 15.0 Å². The maximum atomic E-state index is 12.7. The summed E-state index contributed by atoms with van der Waals surface area (Å²) < 4.78 is 15.8. The van der Waals surface area contributed by atoms with E-state index in [0.29, 0.717) is 37.2 Å². The number of ether oxygens (including phenoxy) is 1. The summed E-state index contributed by atoms with van der Waals surface area (Å²) in [6, 6.07) is 3.82. The van der Waals surface area contributed by atoms with Gasteiger partial charge in [-0.15, -0.1) is 0 Å². The second-order valence-electron chi connectivity index (χ2n) is 6.64. The van der Waals surface area contributed by atoms with Gasteiger partial charge in [0.25, 0.3) is 0 Å². The third kappa shape index (κ3) is 3.32. The average Bonchev–Trinajstić information content (AvgIpc) is 3.22. The van der Waals surface area contributed by atoms with Gasteiger partial charge in [0, 0.05) is 32.8 Å². The van der Waals surface area contributed by atoms with E-state index < -0.39 is 0 Å². The molecule has 3 aliphatic heterocycles. The van der Waals surface area contributed by atoms with Gasteiger partial charge in [0.2, 0.25) is 17.6 Å². The first-order valence-corrected chi connectivity index (χ1v) is 8.63. The molecule has 0 aliphatic carbocycles. The van der Waals surface area contributed by atoms with Crippen LogP contribution in [0.15, 0.2) is 27.3 Å². The lowest BCUT2D eigenvalue weighted by Gasteiger charge is -2.35. The van der Waals surface area contributed by atoms with Gasteiger partial charge in [0.1, 0.15) is 0 Å². The first-order chi connectivity index (χ1) is 12.2. The largest absolute Gasteiger partial charge is 0.461 e. The van der Waals surface area contributed by atoms with E-state index in [-0.39, 0.29) is 17.9 Å². The number of carbonyl (C=O) groups excluding carboxylic acids is 1. The number of furan rings is 1. The van der Waals surface area contributed by atoms with Crippen LogP contribution < -0.4 is 0 Å². The molecule has 3 aliphatic rings. The number of amides is 1. The van der Waals surface area contributed by atoms with E-state index in [4.69, 9.17) is 13.7 Å². The Morgan fingerprint density at radius 1 is 1.36 bits per heavy atom. The quantitative estimate of drug-likeness (QED) is 0.781. The first kappa shape index (κ1) is 16.3. The third-order valence-corrected chi connectivity index (χ3v) is 4.97. The van der Waals surface area contributed by atoms with E-state index in [1.807, 2.05) is 4.90 Å². The molecule has 0 unspecified atom stereocenters. The van der Waals surface area contributed by atoms with Crippen LogP contribution in [0.3, 0.4) is 0 Å². The smallest absolute Gasteiger partial charge is 0.241 e. The third-order valence-electron chi connectivity index (χ3n) is 4.97. The van der Waals surface area contributed by atoms with Crippen molar-refractivity contribution in [3.63, 3.8) is 0 Å². The van der Waals surface area contributed by atoms with Gasteiger partial charge < -0.3 is 18.6 Å². The van der Waals surface area contributed by atoms with Gasteiger partial charge in [-0.05, 0) is 25.0 Å². The van der Waals surface area contributed by atoms with Gasteiger partial charge in [-0.25, -0.2) is 0 Å². The summed E-state index contributed by atoms with van der Waals surface area (Å²) in [6.45, 7) is 3.34. The monoisotopic (exact) mass is 346 g/mol. The SMILES string of the molecule is COCCN1C(=O)[C@@H]2CC[C@H]1CN(Cc1nc(-c3ccco3)no1)C2. The molecule has 25 heavy (non-hydrogen) atoms. The standard InChI is InChI=1S/C17H22N4O4/c1-23-8-6-21-13-5-4-12(17(21)22)9-20(10-13)11-15-18-16(19-25-15)14-3-2-7-24-14/h2-3,7,12-13H,4-6,8-11H2,1H3/t12-,13+/m1/s1. The Bertz CT molecular complexity index is 714. The number of fused-ring (bicyclic) bond motifs is 4. The zero-order valence-electron chi connectivity index (χ0n) is 14.3. The summed E-state index contributed by atoms with van der Waals surface area (Å²) in [6.07, 6.45) is 3.57. The van der Waals surface area contributed by atoms with Gasteiger partial charge in [-0.2, -0.15) is 4.98 Å². The second kappa shape index (κ2) is 6.97. The molecule has 0 spiro atoms. The number of carbonyl (C=O) groups is 1. The second-order valence-corrected chi connectivity index (χ2v) is 6.64. The van der Waals surface area contributed by atoms with Crippen molar-refractivity contribution >= 4 is 5.91 Å². The Morgan fingerprint density at radius 2 is 2.28 bits per heavy atom. The Labute approximate surface area is 145 Å². The van der Waals surface area contributed by atoms with Gasteiger partial charge in [0.15, 0.2) is 5.76 Å². The van der Waals surface area contributed by atoms with Gasteiger partial charge >= 0.3 is 0 Å². The van der Waals surface area contributed by atoms with Crippen LogP contribution in [0.5, 0.6) is 0 Å². The highest BCUT2D eigenvalue weighted by atomic mass is 16.5. The van der Waals surface area contributed by atoms with Crippen LogP contribution in [0.25, 0.3) is 11.6 Å². The van der Waals surface area contributed by atoms with Gasteiger partial charge in [-0.3, -0.25) is 9.69 Å². The fourth-order valence-electron chi connectivity index (χ4n) is 3.76. The van der Waals surface area contributed by atoms with Gasteiger partial charge in [0.05, 0.1) is 25.3 Å². The summed E-state index contributed by atoms with van der Waals surface area (Å²) in [5.41, 5.74) is 0. The highest BCUT2D eigenvalue weighted by Gasteiger charge is 2.40. The molecule has 8 nitrogen and oxygen atoms in total. The van der Waals surface area contributed by atoms with Crippen LogP contribution in [0, 0.1) is 5.92 Å². The van der Waals surface area contributed by atoms with Gasteiger partial charge in [-0.1, -0.05) is 5.16 Å². The summed E-state index contributed by atoms with van der Waals surface area (Å²) >= 11 is 0. The lowest BCUT2D eigenvalue weighted by atomic mass is 9.94. The van der Waals surface area contributed by atoms with Crippen molar-refractivity contribution in [2.75, 3.05) is 33.4 Å². The van der Waals surface area contributed by atoms with Crippen LogP contribution in [0.1, 0.15) is 18.7 Å². The minimum absolute atomic E-state index is 0.0445. The Hall–Kier alpha value is -2.19. The Morgan fingerprint density at radius 3 is 3.08 bits per heavy atom. The molecule has 5 heterocycles. The zero-order valence-corrected chi connectivity index (χ0v) is 14.3. The van der Waals surface area contributed by atoms with Crippen molar-refractivity contribution < 1.29 is 18.5 Å². The highest BCUT2D eigenvalue weighted by Crippen LogP contribution is 2.29. The predicted molar refractivity (Wildman–Crippen MR) is 87.4 cm³/mol. The summed E-state index contributed by atoms with van der Waals surface area (Å²) in [7, 11) is 1.67. The van der Waals surface area contributed by atoms with E-state index in [9.17, 15) is 4.79 Å². The van der Waals surface area contributed by atoms with Crippen molar-refractivity contribution in [1.82, 2.24) is 19.9 Å². The minimum atomic E-state index is 0.0445. The van der Waals surface area contributed by atoms with Crippen LogP contribution in [-0.2, 0) is 16.1 Å². The fraction of sp³-hybridized carbons (Fsp3) is 0.588. The summed E-state index contributed by atoms with van der Waals surface area (Å²) in [5.74, 6) is 1.88. The van der Waals surface area contributed by atoms with E-state index in [1.165, 1.54) is 0 Å². The molecule has 5 rings (SSSR count). The molecule has 3 saturated heterocycles. The maximum Gasteiger partial charge on any atom is 0.241 e. The molecule has 0 saturated carbocycles. The Kier molecular flexibility index (Phi) is 4.54. The molecule has 0 aromatic carbocycles. The number of nitrogens with zero attached hydrogens (tertiary/aromatic N) is 4.